The van der Waals surface area contributed by atoms with E-state index < -0.39 is 11.8 Å². The standard InChI is InChI=1S/C28H18N6O2/c35-23(33-21-15-17-5-1-11-29-25(17)27-19(21)7-3-13-31-27)9-10-24(36)34-22-16-18-6-2-12-30-26(18)28-20(22)8-4-14-32-28/h1-16H,(H,33,35)(H,34,36)/b10-9+. The Morgan fingerprint density at radius 3 is 1.39 bits per heavy atom. The van der Waals surface area contributed by atoms with Crippen LogP contribution in [0.25, 0.3) is 43.6 Å². The molecule has 6 aromatic rings. The predicted molar refractivity (Wildman–Crippen MR) is 140 cm³/mol. The van der Waals surface area contributed by atoms with Crippen LogP contribution in [0.4, 0.5) is 11.4 Å². The monoisotopic (exact) mass is 470 g/mol. The summed E-state index contributed by atoms with van der Waals surface area (Å²) in [7, 11) is 0. The third-order valence-corrected chi connectivity index (χ3v) is 5.82. The molecule has 4 heterocycles. The SMILES string of the molecule is O=C(/C=C/C(=O)Nc1cc2cccnc2c2ncccc12)Nc1cc2cccnc2c2ncccc12. The Kier molecular flexibility index (Phi) is 5.23. The second-order valence-corrected chi connectivity index (χ2v) is 8.11. The van der Waals surface area contributed by atoms with Crippen molar-refractivity contribution in [2.24, 2.45) is 0 Å². The molecule has 0 atom stereocenters. The van der Waals surface area contributed by atoms with Gasteiger partial charge in [-0.1, -0.05) is 12.1 Å². The van der Waals surface area contributed by atoms with Gasteiger partial charge in [-0.2, -0.15) is 0 Å². The maximum Gasteiger partial charge on any atom is 0.248 e. The number of carbonyl (C=O) groups is 2. The number of amides is 2. The van der Waals surface area contributed by atoms with Crippen molar-refractivity contribution < 1.29 is 9.59 Å². The molecule has 172 valence electrons. The van der Waals surface area contributed by atoms with E-state index >= 15 is 0 Å². The van der Waals surface area contributed by atoms with Gasteiger partial charge in [0.1, 0.15) is 0 Å². The average molecular weight is 470 g/mol. The van der Waals surface area contributed by atoms with Crippen LogP contribution in [0.15, 0.2) is 97.6 Å². The lowest BCUT2D eigenvalue weighted by atomic mass is 10.1. The summed E-state index contributed by atoms with van der Waals surface area (Å²) in [6, 6.07) is 18.5. The van der Waals surface area contributed by atoms with E-state index in [2.05, 4.69) is 30.6 Å². The van der Waals surface area contributed by atoms with Gasteiger partial charge in [0.05, 0.1) is 33.4 Å². The molecule has 8 heteroatoms. The highest BCUT2D eigenvalue weighted by atomic mass is 16.2. The molecule has 2 N–H and O–H groups in total. The predicted octanol–water partition coefficient (Wildman–Crippen LogP) is 5.01. The molecule has 0 aliphatic rings. The molecule has 0 bridgehead atoms. The van der Waals surface area contributed by atoms with Gasteiger partial charge in [0.15, 0.2) is 0 Å². The number of fused-ring (bicyclic) bond motifs is 6. The highest BCUT2D eigenvalue weighted by Gasteiger charge is 2.12. The molecule has 2 aromatic carbocycles. The van der Waals surface area contributed by atoms with E-state index in [1.165, 1.54) is 12.2 Å². The van der Waals surface area contributed by atoms with Gasteiger partial charge in [-0.05, 0) is 48.5 Å². The number of hydrogen-bond donors (Lipinski definition) is 2. The van der Waals surface area contributed by atoms with E-state index in [1.54, 1.807) is 36.9 Å². The topological polar surface area (TPSA) is 110 Å². The second kappa shape index (κ2) is 8.84. The third kappa shape index (κ3) is 3.86. The summed E-state index contributed by atoms with van der Waals surface area (Å²) in [6.07, 6.45) is 9.20. The van der Waals surface area contributed by atoms with Crippen molar-refractivity contribution in [3.8, 4) is 0 Å². The van der Waals surface area contributed by atoms with Gasteiger partial charge in [-0.15, -0.1) is 0 Å². The first-order valence-corrected chi connectivity index (χ1v) is 11.2. The highest BCUT2D eigenvalue weighted by molar-refractivity contribution is 6.16. The fourth-order valence-corrected chi connectivity index (χ4v) is 4.26. The molecule has 0 radical (unpaired) electrons. The summed E-state index contributed by atoms with van der Waals surface area (Å²) < 4.78 is 0. The smallest absolute Gasteiger partial charge is 0.248 e. The molecule has 0 saturated carbocycles. The molecule has 2 amide bonds. The zero-order valence-electron chi connectivity index (χ0n) is 18.8. The first kappa shape index (κ1) is 21.3. The normalized spacial score (nSPS) is 11.4. The van der Waals surface area contributed by atoms with Crippen LogP contribution in [0.5, 0.6) is 0 Å². The number of rotatable bonds is 4. The van der Waals surface area contributed by atoms with Crippen LogP contribution in [0.2, 0.25) is 0 Å². The Morgan fingerprint density at radius 1 is 0.556 bits per heavy atom. The Bertz CT molecular complexity index is 1710. The van der Waals surface area contributed by atoms with Crippen LogP contribution < -0.4 is 10.6 Å². The number of carbonyl (C=O) groups excluding carboxylic acids is 2. The van der Waals surface area contributed by atoms with Crippen molar-refractivity contribution in [3.63, 3.8) is 0 Å². The molecule has 0 saturated heterocycles. The first-order valence-electron chi connectivity index (χ1n) is 11.2. The lowest BCUT2D eigenvalue weighted by Gasteiger charge is -2.10. The van der Waals surface area contributed by atoms with Gasteiger partial charge >= 0.3 is 0 Å². The highest BCUT2D eigenvalue weighted by Crippen LogP contribution is 2.30. The number of anilines is 2. The van der Waals surface area contributed by atoms with Gasteiger partial charge < -0.3 is 10.6 Å². The quantitative estimate of drug-likeness (QED) is 0.277. The van der Waals surface area contributed by atoms with Crippen LogP contribution in [0.3, 0.4) is 0 Å². The summed E-state index contributed by atoms with van der Waals surface area (Å²) in [5, 5.41) is 8.95. The van der Waals surface area contributed by atoms with Crippen molar-refractivity contribution in [3.05, 3.63) is 97.6 Å². The summed E-state index contributed by atoms with van der Waals surface area (Å²) >= 11 is 0. The van der Waals surface area contributed by atoms with E-state index in [0.29, 0.717) is 22.4 Å². The van der Waals surface area contributed by atoms with Gasteiger partial charge in [-0.25, -0.2) is 0 Å². The summed E-state index contributed by atoms with van der Waals surface area (Å²) in [5.74, 6) is -0.874. The molecule has 36 heavy (non-hydrogen) atoms. The molecular weight excluding hydrogens is 452 g/mol. The fourth-order valence-electron chi connectivity index (χ4n) is 4.26. The minimum atomic E-state index is -0.437. The Morgan fingerprint density at radius 2 is 0.944 bits per heavy atom. The minimum absolute atomic E-state index is 0.437. The third-order valence-electron chi connectivity index (χ3n) is 5.82. The van der Waals surface area contributed by atoms with Gasteiger partial charge in [0, 0.05) is 58.5 Å². The summed E-state index contributed by atoms with van der Waals surface area (Å²) in [5.41, 5.74) is 4.08. The number of benzene rings is 2. The zero-order chi connectivity index (χ0) is 24.5. The van der Waals surface area contributed by atoms with Crippen molar-refractivity contribution in [1.82, 2.24) is 19.9 Å². The largest absolute Gasteiger partial charge is 0.322 e. The average Bonchev–Trinajstić information content (AvgIpc) is 2.92. The summed E-state index contributed by atoms with van der Waals surface area (Å²) in [6.45, 7) is 0. The zero-order valence-corrected chi connectivity index (χ0v) is 18.8. The van der Waals surface area contributed by atoms with Gasteiger partial charge in [-0.3, -0.25) is 29.5 Å². The lowest BCUT2D eigenvalue weighted by Crippen LogP contribution is -2.12. The first-order chi connectivity index (χ1) is 17.7. The molecule has 8 nitrogen and oxygen atoms in total. The Hall–Kier alpha value is -5.24. The molecule has 0 spiro atoms. The van der Waals surface area contributed by atoms with E-state index in [-0.39, 0.29) is 0 Å². The number of nitrogens with zero attached hydrogens (tertiary/aromatic N) is 4. The second-order valence-electron chi connectivity index (χ2n) is 8.11. The van der Waals surface area contributed by atoms with Crippen molar-refractivity contribution in [1.29, 1.82) is 0 Å². The molecule has 0 unspecified atom stereocenters. The minimum Gasteiger partial charge on any atom is -0.322 e. The van der Waals surface area contributed by atoms with Crippen LogP contribution in [0.1, 0.15) is 0 Å². The van der Waals surface area contributed by atoms with Crippen LogP contribution in [0, 0.1) is 0 Å². The molecule has 0 aliphatic heterocycles. The van der Waals surface area contributed by atoms with Crippen molar-refractivity contribution in [2.45, 2.75) is 0 Å². The number of hydrogen-bond acceptors (Lipinski definition) is 6. The van der Waals surface area contributed by atoms with Crippen LogP contribution in [-0.4, -0.2) is 31.8 Å². The number of aromatic nitrogens is 4. The van der Waals surface area contributed by atoms with E-state index in [9.17, 15) is 9.59 Å². The number of pyridine rings is 4. The molecule has 6 rings (SSSR count). The maximum atomic E-state index is 12.7. The maximum absolute atomic E-state index is 12.7. The Labute approximate surface area is 204 Å². The Balaban J connectivity index is 1.26. The van der Waals surface area contributed by atoms with Gasteiger partial charge in [0.2, 0.25) is 11.8 Å². The van der Waals surface area contributed by atoms with Gasteiger partial charge in [0.25, 0.3) is 0 Å². The molecular formula is C28H18N6O2. The fraction of sp³-hybridized carbons (Fsp3) is 0. The summed E-state index contributed by atoms with van der Waals surface area (Å²) in [4.78, 5) is 43.1. The number of nitrogens with one attached hydrogen (secondary N) is 2. The van der Waals surface area contributed by atoms with E-state index in [4.69, 9.17) is 0 Å². The van der Waals surface area contributed by atoms with E-state index in [1.807, 2.05) is 48.5 Å². The molecule has 0 aliphatic carbocycles. The van der Waals surface area contributed by atoms with Crippen LogP contribution >= 0.6 is 0 Å². The van der Waals surface area contributed by atoms with Crippen LogP contribution in [-0.2, 0) is 9.59 Å². The van der Waals surface area contributed by atoms with Crippen molar-refractivity contribution in [2.75, 3.05) is 10.6 Å². The van der Waals surface area contributed by atoms with Crippen molar-refractivity contribution >= 4 is 66.8 Å². The molecule has 0 fully saturated rings. The lowest BCUT2D eigenvalue weighted by molar-refractivity contribution is -0.114. The van der Waals surface area contributed by atoms with E-state index in [0.717, 1.165) is 32.6 Å². The molecule has 4 aromatic heterocycles.